The first-order valence-electron chi connectivity index (χ1n) is 11.2. The molecule has 9 heteroatoms. The van der Waals surface area contributed by atoms with Gasteiger partial charge in [0.2, 0.25) is 0 Å². The van der Waals surface area contributed by atoms with E-state index in [1.807, 2.05) is 18.2 Å². The highest BCUT2D eigenvalue weighted by Gasteiger charge is 2.33. The minimum Gasteiger partial charge on any atom is -0.390 e. The van der Waals surface area contributed by atoms with Crippen molar-refractivity contribution in [2.24, 2.45) is 0 Å². The summed E-state index contributed by atoms with van der Waals surface area (Å²) in [6.07, 6.45) is 1.41. The number of hydrogen-bond acceptors (Lipinski definition) is 5. The fraction of sp³-hybridized carbons (Fsp3) is 0.522. The number of carbonyl (C=O) groups is 2. The lowest BCUT2D eigenvalue weighted by molar-refractivity contribution is 0.0720. The number of benzene rings is 1. The molecule has 0 atom stereocenters. The normalized spacial score (nSPS) is 16.4. The van der Waals surface area contributed by atoms with Crippen LogP contribution in [0.3, 0.4) is 0 Å². The molecule has 8 nitrogen and oxygen atoms in total. The molecule has 2 aliphatic heterocycles. The smallest absolute Gasteiger partial charge is 0.276 e. The monoisotopic (exact) mass is 456 g/mol. The van der Waals surface area contributed by atoms with E-state index in [1.54, 1.807) is 21.5 Å². The average molecular weight is 457 g/mol. The molecule has 0 spiro atoms. The standard InChI is InChI=1S/C23H32N4O4Si/c1-25-9-7-16-5-6-17(13-19(16)22(25)29)26-10-8-18-20(14-28)24-27(21(18)23(26)30)15-31-11-12-32(2,3)4/h5-6,13,28H,7-12,14-15H2,1-4H3/q-1. The Balaban J connectivity index is 1.59. The van der Waals surface area contributed by atoms with Crippen molar-refractivity contribution in [3.05, 3.63) is 46.3 Å². The third kappa shape index (κ3) is 4.37. The molecule has 0 bridgehead atoms. The van der Waals surface area contributed by atoms with Crippen LogP contribution < -0.4 is 4.90 Å². The highest BCUT2D eigenvalue weighted by molar-refractivity contribution is 6.76. The summed E-state index contributed by atoms with van der Waals surface area (Å²) in [5.41, 5.74) is 4.18. The lowest BCUT2D eigenvalue weighted by Crippen LogP contribution is -2.40. The highest BCUT2D eigenvalue weighted by Crippen LogP contribution is 2.30. The summed E-state index contributed by atoms with van der Waals surface area (Å²) in [6, 6.07) is 6.72. The largest absolute Gasteiger partial charge is 0.390 e. The van der Waals surface area contributed by atoms with Crippen LogP contribution in [0, 0.1) is 0 Å². The molecule has 0 aliphatic carbocycles. The average Bonchev–Trinajstić information content (AvgIpc) is 3.12. The fourth-order valence-corrected chi connectivity index (χ4v) is 5.00. The number of rotatable bonds is 7. The summed E-state index contributed by atoms with van der Waals surface area (Å²) in [6.45, 7) is 8.64. The minimum absolute atomic E-state index is 0.0124. The molecule has 2 amide bonds. The van der Waals surface area contributed by atoms with E-state index in [-0.39, 0.29) is 25.2 Å². The second kappa shape index (κ2) is 8.80. The SMILES string of the molecule is CN1CCc2ccc(N3CCc4c(CO)nn(COCC[Si-](C)(C)C)c4C3=O)cc2C1=O. The molecule has 1 aromatic heterocycles. The zero-order valence-electron chi connectivity index (χ0n) is 19.3. The summed E-state index contributed by atoms with van der Waals surface area (Å²) in [5, 5.41) is 14.2. The molecular formula is C23H32N4O4Si-. The Hall–Kier alpha value is -2.49. The number of aliphatic hydroxyl groups excluding tert-OH is 1. The van der Waals surface area contributed by atoms with Crippen LogP contribution in [0.1, 0.15) is 37.7 Å². The van der Waals surface area contributed by atoms with Gasteiger partial charge in [0.05, 0.1) is 12.3 Å². The summed E-state index contributed by atoms with van der Waals surface area (Å²) < 4.78 is 7.42. The van der Waals surface area contributed by atoms with Gasteiger partial charge in [-0.3, -0.25) is 9.59 Å². The van der Waals surface area contributed by atoms with Gasteiger partial charge in [0.15, 0.2) is 0 Å². The molecule has 2 aliphatic rings. The van der Waals surface area contributed by atoms with Crippen LogP contribution in [-0.4, -0.2) is 66.4 Å². The Morgan fingerprint density at radius 3 is 2.62 bits per heavy atom. The Kier molecular flexibility index (Phi) is 6.24. The number of aromatic nitrogens is 2. The third-order valence-electron chi connectivity index (χ3n) is 6.23. The van der Waals surface area contributed by atoms with Gasteiger partial charge in [-0.05, 0) is 30.5 Å². The molecule has 0 fully saturated rings. The van der Waals surface area contributed by atoms with Crippen LogP contribution >= 0.6 is 0 Å². The second-order valence-electron chi connectivity index (χ2n) is 9.80. The van der Waals surface area contributed by atoms with Gasteiger partial charge in [-0.2, -0.15) is 24.7 Å². The van der Waals surface area contributed by atoms with Crippen molar-refractivity contribution in [1.82, 2.24) is 14.7 Å². The number of carbonyl (C=O) groups excluding carboxylic acids is 2. The minimum atomic E-state index is -1.22. The zero-order valence-corrected chi connectivity index (χ0v) is 20.3. The maximum Gasteiger partial charge on any atom is 0.276 e. The number of hydrogen-bond donors (Lipinski definition) is 1. The number of ether oxygens (including phenoxy) is 1. The maximum absolute atomic E-state index is 13.5. The lowest BCUT2D eigenvalue weighted by atomic mass is 9.97. The van der Waals surface area contributed by atoms with Crippen molar-refractivity contribution < 1.29 is 19.4 Å². The molecule has 1 aromatic carbocycles. The van der Waals surface area contributed by atoms with Gasteiger partial charge in [0.1, 0.15) is 12.4 Å². The van der Waals surface area contributed by atoms with Crippen LogP contribution in [-0.2, 0) is 30.9 Å². The van der Waals surface area contributed by atoms with Crippen molar-refractivity contribution in [2.75, 3.05) is 31.6 Å². The van der Waals surface area contributed by atoms with E-state index in [2.05, 4.69) is 24.7 Å². The molecule has 32 heavy (non-hydrogen) atoms. The van der Waals surface area contributed by atoms with Crippen molar-refractivity contribution in [3.8, 4) is 0 Å². The summed E-state index contributed by atoms with van der Waals surface area (Å²) in [7, 11) is 0.581. The van der Waals surface area contributed by atoms with E-state index in [4.69, 9.17) is 4.74 Å². The summed E-state index contributed by atoms with van der Waals surface area (Å²) in [4.78, 5) is 29.5. The second-order valence-corrected chi connectivity index (χ2v) is 15.4. The van der Waals surface area contributed by atoms with Crippen molar-refractivity contribution in [1.29, 1.82) is 0 Å². The van der Waals surface area contributed by atoms with Gasteiger partial charge in [-0.25, -0.2) is 4.68 Å². The number of aliphatic hydroxyl groups is 1. The Bertz CT molecular complexity index is 1040. The van der Waals surface area contributed by atoms with E-state index >= 15 is 0 Å². The number of nitrogens with zero attached hydrogens (tertiary/aromatic N) is 4. The van der Waals surface area contributed by atoms with E-state index in [9.17, 15) is 14.7 Å². The van der Waals surface area contributed by atoms with Crippen molar-refractivity contribution in [2.45, 2.75) is 51.9 Å². The predicted octanol–water partition coefficient (Wildman–Crippen LogP) is 2.52. The molecule has 1 N–H and O–H groups in total. The number of fused-ring (bicyclic) bond motifs is 2. The topological polar surface area (TPSA) is 87.9 Å². The van der Waals surface area contributed by atoms with Crippen molar-refractivity contribution in [3.63, 3.8) is 0 Å². The quantitative estimate of drug-likeness (QED) is 0.511. The Morgan fingerprint density at radius 2 is 1.91 bits per heavy atom. The molecule has 0 unspecified atom stereocenters. The van der Waals surface area contributed by atoms with E-state index < -0.39 is 8.07 Å². The van der Waals surface area contributed by atoms with Crippen LogP contribution in [0.15, 0.2) is 18.2 Å². The van der Waals surface area contributed by atoms with Crippen LogP contribution in [0.25, 0.3) is 0 Å². The molecule has 3 heterocycles. The van der Waals surface area contributed by atoms with Crippen LogP contribution in [0.4, 0.5) is 5.69 Å². The van der Waals surface area contributed by atoms with Gasteiger partial charge in [0.25, 0.3) is 11.8 Å². The first-order valence-corrected chi connectivity index (χ1v) is 14.9. The predicted molar refractivity (Wildman–Crippen MR) is 125 cm³/mol. The van der Waals surface area contributed by atoms with Crippen molar-refractivity contribution >= 4 is 25.6 Å². The lowest BCUT2D eigenvalue weighted by Gasteiger charge is -2.30. The molecule has 4 rings (SSSR count). The van der Waals surface area contributed by atoms with Gasteiger partial charge in [-0.1, -0.05) is 6.07 Å². The van der Waals surface area contributed by atoms with Crippen LogP contribution in [0.5, 0.6) is 0 Å². The van der Waals surface area contributed by atoms with Crippen LogP contribution in [0.2, 0.25) is 25.7 Å². The molecular weight excluding hydrogens is 424 g/mol. The molecule has 0 radical (unpaired) electrons. The van der Waals surface area contributed by atoms with Gasteiger partial charge >= 0.3 is 0 Å². The number of anilines is 1. The van der Waals surface area contributed by atoms with E-state index in [0.717, 1.165) is 23.6 Å². The fourth-order valence-electron chi connectivity index (χ4n) is 4.24. The van der Waals surface area contributed by atoms with E-state index in [1.165, 1.54) is 0 Å². The van der Waals surface area contributed by atoms with Gasteiger partial charge in [0, 0.05) is 43.6 Å². The molecule has 0 saturated carbocycles. The number of likely N-dealkylation sites (N-methyl/N-ethyl adjacent to an activating group) is 1. The highest BCUT2D eigenvalue weighted by atomic mass is 28.3. The van der Waals surface area contributed by atoms with Gasteiger partial charge in [-0.15, -0.1) is 14.1 Å². The van der Waals surface area contributed by atoms with E-state index in [0.29, 0.717) is 48.8 Å². The molecule has 0 saturated heterocycles. The zero-order chi connectivity index (χ0) is 23.0. The first-order chi connectivity index (χ1) is 15.2. The first kappa shape index (κ1) is 22.7. The number of amides is 2. The Morgan fingerprint density at radius 1 is 1.12 bits per heavy atom. The molecule has 2 aromatic rings. The molecule has 173 valence electrons. The maximum atomic E-state index is 13.5. The Labute approximate surface area is 189 Å². The van der Waals surface area contributed by atoms with Gasteiger partial charge < -0.3 is 19.6 Å². The third-order valence-corrected chi connectivity index (χ3v) is 7.93. The summed E-state index contributed by atoms with van der Waals surface area (Å²) >= 11 is 0. The summed E-state index contributed by atoms with van der Waals surface area (Å²) in [5.74, 6) is -0.189.